The van der Waals surface area contributed by atoms with E-state index in [0.29, 0.717) is 17.7 Å². The van der Waals surface area contributed by atoms with Gasteiger partial charge in [0.2, 0.25) is 17.7 Å². The van der Waals surface area contributed by atoms with Crippen LogP contribution in [0.1, 0.15) is 27.2 Å². The van der Waals surface area contributed by atoms with E-state index < -0.39 is 23.3 Å². The molecular weight excluding hydrogens is 302 g/mol. The van der Waals surface area contributed by atoms with Gasteiger partial charge in [0.25, 0.3) is 5.82 Å². The standard InChI is InChI=1S/C14H19N5O4/c1-4-5-18-6-15-8-9(18)16-7-19-10(8)17-13(2,12(21)22)11(20)14(19,3)23/h6-7,11,20,23H,4-5H2,1-3H3,(H,21,22)/t11-,13-,14+/m0/s1. The molecule has 3 rings (SSSR count). The first-order chi connectivity index (χ1) is 10.7. The summed E-state index contributed by atoms with van der Waals surface area (Å²) in [6.07, 6.45) is 2.21. The smallest absolute Gasteiger partial charge is 0.256 e. The molecule has 0 radical (unpaired) electrons. The largest absolute Gasteiger partial charge is 0.546 e. The third-order valence-electron chi connectivity index (χ3n) is 4.39. The number of aliphatic hydroxyl groups excluding tert-OH is 1. The number of aliphatic carboxylic acids is 1. The summed E-state index contributed by atoms with van der Waals surface area (Å²) < 4.78 is 3.13. The van der Waals surface area contributed by atoms with Crippen molar-refractivity contribution in [3.63, 3.8) is 0 Å². The van der Waals surface area contributed by atoms with Crippen LogP contribution < -0.4 is 15.0 Å². The van der Waals surface area contributed by atoms with Crippen molar-refractivity contribution >= 4 is 23.0 Å². The molecule has 9 heteroatoms. The number of carbonyl (C=O) groups excluding carboxylic acids is 1. The number of hydrogen-bond acceptors (Lipinski definition) is 7. The Morgan fingerprint density at radius 1 is 1.52 bits per heavy atom. The number of aryl methyl sites for hydroxylation is 1. The Morgan fingerprint density at radius 3 is 2.83 bits per heavy atom. The van der Waals surface area contributed by atoms with Crippen molar-refractivity contribution in [2.45, 2.75) is 51.1 Å². The molecular formula is C14H19N5O4. The van der Waals surface area contributed by atoms with Crippen LogP contribution in [0.15, 0.2) is 12.7 Å². The lowest BCUT2D eigenvalue weighted by atomic mass is 9.85. The lowest BCUT2D eigenvalue weighted by Crippen LogP contribution is -2.77. The second kappa shape index (κ2) is 4.87. The summed E-state index contributed by atoms with van der Waals surface area (Å²) >= 11 is 0. The molecule has 9 nitrogen and oxygen atoms in total. The second-order valence-electron chi connectivity index (χ2n) is 6.18. The molecule has 2 aromatic rings. The lowest BCUT2D eigenvalue weighted by Gasteiger charge is -2.44. The summed E-state index contributed by atoms with van der Waals surface area (Å²) in [6, 6.07) is 0. The van der Waals surface area contributed by atoms with E-state index in [0.717, 1.165) is 6.42 Å². The summed E-state index contributed by atoms with van der Waals surface area (Å²) in [5.41, 5.74) is -2.77. The number of fused-ring (bicyclic) bond motifs is 3. The van der Waals surface area contributed by atoms with Crippen LogP contribution in [-0.2, 0) is 17.1 Å². The van der Waals surface area contributed by atoms with E-state index in [1.54, 1.807) is 6.33 Å². The fraction of sp³-hybridized carbons (Fsp3) is 0.571. The molecule has 0 saturated carbocycles. The molecule has 3 atom stereocenters. The zero-order valence-corrected chi connectivity index (χ0v) is 13.1. The van der Waals surface area contributed by atoms with Gasteiger partial charge in [-0.15, -0.1) is 0 Å². The summed E-state index contributed by atoms with van der Waals surface area (Å²) in [5.74, 6) is -1.25. The van der Waals surface area contributed by atoms with Gasteiger partial charge in [-0.05, 0) is 13.3 Å². The molecule has 1 aliphatic rings. The molecule has 0 fully saturated rings. The molecule has 0 aliphatic carbocycles. The predicted molar refractivity (Wildman–Crippen MR) is 76.9 cm³/mol. The SMILES string of the molecule is CCCn1cnc2c3[n+](cnc21)[C@](C)(O)[C@@H](O)[C@@](C)(C(=O)[O-])N3. The average molecular weight is 321 g/mol. The second-order valence-corrected chi connectivity index (χ2v) is 6.18. The first-order valence-electron chi connectivity index (χ1n) is 7.39. The Hall–Kier alpha value is -2.26. The summed E-state index contributed by atoms with van der Waals surface area (Å²) in [6.45, 7) is 5.31. The summed E-state index contributed by atoms with van der Waals surface area (Å²) in [5, 5.41) is 35.3. The number of aromatic nitrogens is 4. The van der Waals surface area contributed by atoms with Crippen molar-refractivity contribution in [3.8, 4) is 0 Å². The lowest BCUT2D eigenvalue weighted by molar-refractivity contribution is -0.807. The highest BCUT2D eigenvalue weighted by Gasteiger charge is 2.56. The molecule has 0 bridgehead atoms. The van der Waals surface area contributed by atoms with E-state index in [1.165, 1.54) is 24.7 Å². The van der Waals surface area contributed by atoms with Crippen LogP contribution in [-0.4, -0.2) is 42.4 Å². The number of carboxylic acid groups (broad SMARTS) is 1. The van der Waals surface area contributed by atoms with E-state index in [1.807, 2.05) is 11.5 Å². The third kappa shape index (κ3) is 2.00. The highest BCUT2D eigenvalue weighted by molar-refractivity contribution is 5.87. The average Bonchev–Trinajstić information content (AvgIpc) is 2.89. The maximum Gasteiger partial charge on any atom is 0.256 e. The maximum atomic E-state index is 11.5. The zero-order valence-electron chi connectivity index (χ0n) is 13.1. The van der Waals surface area contributed by atoms with Crippen molar-refractivity contribution in [2.24, 2.45) is 0 Å². The molecule has 1 aliphatic heterocycles. The minimum absolute atomic E-state index is 0.270. The van der Waals surface area contributed by atoms with Gasteiger partial charge >= 0.3 is 0 Å². The van der Waals surface area contributed by atoms with Crippen molar-refractivity contribution in [2.75, 3.05) is 5.32 Å². The maximum absolute atomic E-state index is 11.5. The van der Waals surface area contributed by atoms with Crippen LogP contribution in [0.2, 0.25) is 0 Å². The number of anilines is 1. The highest BCUT2D eigenvalue weighted by Crippen LogP contribution is 2.33. The number of carboxylic acids is 1. The molecule has 0 aromatic carbocycles. The van der Waals surface area contributed by atoms with Gasteiger partial charge in [-0.25, -0.2) is 9.55 Å². The molecule has 0 spiro atoms. The van der Waals surface area contributed by atoms with Crippen molar-refractivity contribution in [1.29, 1.82) is 0 Å². The van der Waals surface area contributed by atoms with Gasteiger partial charge in [0.05, 0.1) is 12.3 Å². The van der Waals surface area contributed by atoms with Crippen molar-refractivity contribution < 1.29 is 24.7 Å². The van der Waals surface area contributed by atoms with E-state index >= 15 is 0 Å². The highest BCUT2D eigenvalue weighted by atomic mass is 16.4. The molecule has 0 saturated heterocycles. The van der Waals surface area contributed by atoms with Crippen molar-refractivity contribution in [1.82, 2.24) is 14.5 Å². The van der Waals surface area contributed by atoms with E-state index in [-0.39, 0.29) is 5.82 Å². The van der Waals surface area contributed by atoms with Crippen LogP contribution in [0.3, 0.4) is 0 Å². The normalized spacial score (nSPS) is 30.0. The predicted octanol–water partition coefficient (Wildman–Crippen LogP) is -1.91. The van der Waals surface area contributed by atoms with Crippen molar-refractivity contribution in [3.05, 3.63) is 12.7 Å². The first-order valence-corrected chi connectivity index (χ1v) is 7.39. The number of imidazole rings is 1. The number of carbonyl (C=O) groups is 1. The number of hydrogen-bond donors (Lipinski definition) is 3. The molecule has 0 unspecified atom stereocenters. The summed E-state index contributed by atoms with van der Waals surface area (Å²) in [4.78, 5) is 20.1. The van der Waals surface area contributed by atoms with E-state index in [4.69, 9.17) is 0 Å². The van der Waals surface area contributed by atoms with Gasteiger partial charge in [-0.2, -0.15) is 0 Å². The fourth-order valence-electron chi connectivity index (χ4n) is 2.99. The van der Waals surface area contributed by atoms with Crippen LogP contribution in [0, 0.1) is 0 Å². The number of aliphatic hydroxyl groups is 2. The van der Waals surface area contributed by atoms with E-state index in [2.05, 4.69) is 15.3 Å². The molecule has 2 aromatic heterocycles. The topological polar surface area (TPSA) is 127 Å². The van der Waals surface area contributed by atoms with E-state index in [9.17, 15) is 20.1 Å². The quantitative estimate of drug-likeness (QED) is 0.563. The zero-order chi connectivity index (χ0) is 17.0. The first kappa shape index (κ1) is 15.6. The minimum atomic E-state index is -1.88. The molecule has 0 amide bonds. The Morgan fingerprint density at radius 2 is 2.22 bits per heavy atom. The monoisotopic (exact) mass is 321 g/mol. The minimum Gasteiger partial charge on any atom is -0.546 e. The number of nitrogens with zero attached hydrogens (tertiary/aromatic N) is 4. The van der Waals surface area contributed by atoms with Crippen LogP contribution in [0.4, 0.5) is 5.82 Å². The Balaban J connectivity index is 2.27. The fourth-order valence-corrected chi connectivity index (χ4v) is 2.99. The Bertz CT molecular complexity index is 787. The van der Waals surface area contributed by atoms with Gasteiger partial charge < -0.3 is 24.7 Å². The molecule has 3 N–H and O–H groups in total. The molecule has 124 valence electrons. The Kier molecular flexibility index (Phi) is 3.31. The van der Waals surface area contributed by atoms with Gasteiger partial charge in [-0.3, -0.25) is 5.32 Å². The van der Waals surface area contributed by atoms with Gasteiger partial charge in [-0.1, -0.05) is 11.9 Å². The molecule has 23 heavy (non-hydrogen) atoms. The van der Waals surface area contributed by atoms with Gasteiger partial charge in [0.15, 0.2) is 17.2 Å². The van der Waals surface area contributed by atoms with Gasteiger partial charge in [0, 0.05) is 13.5 Å². The molecule has 3 heterocycles. The van der Waals surface area contributed by atoms with Crippen LogP contribution >= 0.6 is 0 Å². The summed E-state index contributed by atoms with van der Waals surface area (Å²) in [7, 11) is 0. The third-order valence-corrected chi connectivity index (χ3v) is 4.39. The number of nitrogens with one attached hydrogen (secondary N) is 1. The number of rotatable bonds is 3. The van der Waals surface area contributed by atoms with Crippen LogP contribution in [0.25, 0.3) is 11.2 Å². The van der Waals surface area contributed by atoms with Gasteiger partial charge in [0.1, 0.15) is 0 Å². The van der Waals surface area contributed by atoms with Crippen LogP contribution in [0.5, 0.6) is 0 Å². The Labute approximate surface area is 132 Å².